The fourth-order valence-electron chi connectivity index (χ4n) is 1.43. The molecule has 0 saturated carbocycles. The highest BCUT2D eigenvalue weighted by atomic mass is 32.1. The van der Waals surface area contributed by atoms with E-state index in [-0.39, 0.29) is 11.5 Å². The number of carbonyl (C=O) groups excluding carboxylic acids is 1. The lowest BCUT2D eigenvalue weighted by Crippen LogP contribution is -2.01. The van der Waals surface area contributed by atoms with Gasteiger partial charge >= 0.3 is 6.61 Å². The van der Waals surface area contributed by atoms with Crippen LogP contribution in [0.15, 0.2) is 47.9 Å². The van der Waals surface area contributed by atoms with Crippen LogP contribution in [0.2, 0.25) is 0 Å². The summed E-state index contributed by atoms with van der Waals surface area (Å²) >= 11 is 1.37. The van der Waals surface area contributed by atoms with Gasteiger partial charge in [0.05, 0.1) is 4.88 Å². The lowest BCUT2D eigenvalue weighted by Gasteiger charge is -2.03. The van der Waals surface area contributed by atoms with Crippen molar-refractivity contribution in [3.63, 3.8) is 0 Å². The van der Waals surface area contributed by atoms with Gasteiger partial charge in [-0.05, 0) is 35.2 Å². The van der Waals surface area contributed by atoms with Crippen LogP contribution >= 0.6 is 11.3 Å². The Kier molecular flexibility index (Phi) is 4.41. The number of thiophene rings is 1. The Balaban J connectivity index is 2.01. The van der Waals surface area contributed by atoms with Crippen molar-refractivity contribution in [3.05, 3.63) is 58.3 Å². The highest BCUT2D eigenvalue weighted by Crippen LogP contribution is 2.16. The Labute approximate surface area is 113 Å². The van der Waals surface area contributed by atoms with Gasteiger partial charge in [-0.15, -0.1) is 11.3 Å². The first kappa shape index (κ1) is 13.4. The molecule has 1 aromatic heterocycles. The zero-order chi connectivity index (χ0) is 13.7. The third-order valence-corrected chi connectivity index (χ3v) is 3.18. The van der Waals surface area contributed by atoms with Crippen LogP contribution < -0.4 is 4.74 Å². The Morgan fingerprint density at radius 2 is 1.95 bits per heavy atom. The number of hydrogen-bond donors (Lipinski definition) is 0. The van der Waals surface area contributed by atoms with Crippen molar-refractivity contribution in [2.75, 3.05) is 0 Å². The van der Waals surface area contributed by atoms with Crippen LogP contribution in [0.4, 0.5) is 8.78 Å². The molecule has 5 heteroatoms. The van der Waals surface area contributed by atoms with Gasteiger partial charge in [0, 0.05) is 0 Å². The van der Waals surface area contributed by atoms with Crippen molar-refractivity contribution in [2.45, 2.75) is 6.61 Å². The quantitative estimate of drug-likeness (QED) is 0.604. The molecule has 2 nitrogen and oxygen atoms in total. The predicted octanol–water partition coefficient (Wildman–Crippen LogP) is 4.25. The van der Waals surface area contributed by atoms with E-state index >= 15 is 0 Å². The fourth-order valence-corrected chi connectivity index (χ4v) is 2.08. The molecule has 2 rings (SSSR count). The highest BCUT2D eigenvalue weighted by molar-refractivity contribution is 7.12. The maximum Gasteiger partial charge on any atom is 0.387 e. The summed E-state index contributed by atoms with van der Waals surface area (Å²) in [4.78, 5) is 12.4. The van der Waals surface area contributed by atoms with Crippen molar-refractivity contribution in [1.29, 1.82) is 0 Å². The lowest BCUT2D eigenvalue weighted by molar-refractivity contribution is -0.0498. The van der Waals surface area contributed by atoms with Crippen molar-refractivity contribution >= 4 is 23.2 Å². The second kappa shape index (κ2) is 6.24. The Morgan fingerprint density at radius 1 is 1.21 bits per heavy atom. The Bertz CT molecular complexity index is 560. The lowest BCUT2D eigenvalue weighted by atomic mass is 10.2. The van der Waals surface area contributed by atoms with Crippen LogP contribution in [0.3, 0.4) is 0 Å². The minimum Gasteiger partial charge on any atom is -0.435 e. The molecule has 19 heavy (non-hydrogen) atoms. The molecule has 0 saturated heterocycles. The summed E-state index contributed by atoms with van der Waals surface area (Å²) in [6.45, 7) is -2.83. The summed E-state index contributed by atoms with van der Waals surface area (Å²) in [5.74, 6) is 0.0136. The summed E-state index contributed by atoms with van der Waals surface area (Å²) in [5.41, 5.74) is 0.742. The summed E-state index contributed by atoms with van der Waals surface area (Å²) in [6, 6.07) is 9.63. The molecular formula is C14H10F2O2S. The monoisotopic (exact) mass is 280 g/mol. The summed E-state index contributed by atoms with van der Waals surface area (Å²) in [6.07, 6.45) is 3.09. The molecule has 0 bridgehead atoms. The van der Waals surface area contributed by atoms with Gasteiger partial charge in [0.15, 0.2) is 5.78 Å². The Morgan fingerprint density at radius 3 is 2.53 bits per heavy atom. The average Bonchev–Trinajstić information content (AvgIpc) is 2.91. The second-order valence-electron chi connectivity index (χ2n) is 3.62. The number of hydrogen-bond acceptors (Lipinski definition) is 3. The minimum atomic E-state index is -2.83. The molecule has 0 spiro atoms. The Hall–Kier alpha value is -2.01. The standard InChI is InChI=1S/C14H10F2O2S/c15-14(16)18-11-6-3-10(4-7-11)5-8-12(17)13-2-1-9-19-13/h1-9,14H. The molecule has 0 fully saturated rings. The fraction of sp³-hybridized carbons (Fsp3) is 0.0714. The molecule has 1 aromatic carbocycles. The molecule has 0 aliphatic heterocycles. The zero-order valence-electron chi connectivity index (χ0n) is 9.75. The number of carbonyl (C=O) groups is 1. The van der Waals surface area contributed by atoms with Crippen LogP contribution in [0, 0.1) is 0 Å². The van der Waals surface area contributed by atoms with Gasteiger partial charge in [0.2, 0.25) is 0 Å². The number of ketones is 1. The smallest absolute Gasteiger partial charge is 0.387 e. The summed E-state index contributed by atoms with van der Waals surface area (Å²) in [5, 5.41) is 1.83. The predicted molar refractivity (Wildman–Crippen MR) is 70.8 cm³/mol. The molecule has 0 aliphatic carbocycles. The molecule has 98 valence electrons. The largest absolute Gasteiger partial charge is 0.435 e. The van der Waals surface area contributed by atoms with E-state index in [1.807, 2.05) is 11.4 Å². The summed E-state index contributed by atoms with van der Waals surface area (Å²) < 4.78 is 28.1. The van der Waals surface area contributed by atoms with Gasteiger partial charge in [-0.2, -0.15) is 8.78 Å². The molecule has 0 amide bonds. The first-order valence-corrected chi connectivity index (χ1v) is 6.34. The van der Waals surface area contributed by atoms with E-state index in [1.54, 1.807) is 24.3 Å². The number of ether oxygens (including phenoxy) is 1. The van der Waals surface area contributed by atoms with E-state index in [1.165, 1.54) is 29.5 Å². The third-order valence-electron chi connectivity index (χ3n) is 2.30. The van der Waals surface area contributed by atoms with E-state index in [0.717, 1.165) is 5.56 Å². The number of halogens is 2. The van der Waals surface area contributed by atoms with Gasteiger partial charge in [-0.1, -0.05) is 24.3 Å². The van der Waals surface area contributed by atoms with Crippen LogP contribution in [0.25, 0.3) is 6.08 Å². The zero-order valence-corrected chi connectivity index (χ0v) is 10.6. The van der Waals surface area contributed by atoms with E-state index in [2.05, 4.69) is 4.74 Å². The van der Waals surface area contributed by atoms with Crippen molar-refractivity contribution in [3.8, 4) is 5.75 Å². The second-order valence-corrected chi connectivity index (χ2v) is 4.57. The molecule has 1 heterocycles. The van der Waals surface area contributed by atoms with Crippen LogP contribution in [-0.4, -0.2) is 12.4 Å². The van der Waals surface area contributed by atoms with Gasteiger partial charge in [0.25, 0.3) is 0 Å². The molecule has 0 radical (unpaired) electrons. The maximum absolute atomic E-state index is 12.0. The van der Waals surface area contributed by atoms with E-state index in [0.29, 0.717) is 4.88 Å². The van der Waals surface area contributed by atoms with E-state index in [4.69, 9.17) is 0 Å². The topological polar surface area (TPSA) is 26.3 Å². The van der Waals surface area contributed by atoms with Crippen LogP contribution in [0.1, 0.15) is 15.2 Å². The van der Waals surface area contributed by atoms with Crippen molar-refractivity contribution in [1.82, 2.24) is 0 Å². The van der Waals surface area contributed by atoms with E-state index < -0.39 is 6.61 Å². The SMILES string of the molecule is O=C(C=Cc1ccc(OC(F)F)cc1)c1cccs1. The molecule has 2 aromatic rings. The molecule has 0 atom stereocenters. The van der Waals surface area contributed by atoms with Crippen LogP contribution in [-0.2, 0) is 0 Å². The van der Waals surface area contributed by atoms with E-state index in [9.17, 15) is 13.6 Å². The molecule has 0 N–H and O–H groups in total. The van der Waals surface area contributed by atoms with Crippen LogP contribution in [0.5, 0.6) is 5.75 Å². The third kappa shape index (κ3) is 3.99. The number of rotatable bonds is 5. The number of alkyl halides is 2. The molecular weight excluding hydrogens is 270 g/mol. The van der Waals surface area contributed by atoms with Gasteiger partial charge in [-0.25, -0.2) is 0 Å². The normalized spacial score (nSPS) is 11.1. The van der Waals surface area contributed by atoms with Gasteiger partial charge in [0.1, 0.15) is 5.75 Å². The minimum absolute atomic E-state index is 0.0806. The first-order valence-electron chi connectivity index (χ1n) is 5.46. The van der Waals surface area contributed by atoms with Gasteiger partial charge in [-0.3, -0.25) is 4.79 Å². The van der Waals surface area contributed by atoms with Crippen molar-refractivity contribution in [2.24, 2.45) is 0 Å². The number of benzene rings is 1. The van der Waals surface area contributed by atoms with Gasteiger partial charge < -0.3 is 4.74 Å². The maximum atomic E-state index is 12.0. The van der Waals surface area contributed by atoms with Crippen molar-refractivity contribution < 1.29 is 18.3 Å². The first-order chi connectivity index (χ1) is 9.15. The average molecular weight is 280 g/mol. The highest BCUT2D eigenvalue weighted by Gasteiger charge is 2.04. The molecule has 0 aliphatic rings. The summed E-state index contributed by atoms with van der Waals surface area (Å²) in [7, 11) is 0. The molecule has 0 unspecified atom stereocenters. The number of allylic oxidation sites excluding steroid dienone is 1.